The van der Waals surface area contributed by atoms with E-state index in [-0.39, 0.29) is 29.9 Å². The molecule has 1 aliphatic rings. The second-order valence-electron chi connectivity index (χ2n) is 6.80. The van der Waals surface area contributed by atoms with Gasteiger partial charge in [0.15, 0.2) is 5.58 Å². The van der Waals surface area contributed by atoms with Gasteiger partial charge in [0.05, 0.1) is 28.7 Å². The first-order valence-corrected chi connectivity index (χ1v) is 10.1. The van der Waals surface area contributed by atoms with Crippen molar-refractivity contribution in [3.05, 3.63) is 55.4 Å². The second-order valence-corrected chi connectivity index (χ2v) is 7.68. The molecular formula is C19H17N3O7S. The summed E-state index contributed by atoms with van der Waals surface area (Å²) in [5, 5.41) is 15.8. The van der Waals surface area contributed by atoms with E-state index in [1.54, 1.807) is 6.92 Å². The standard InChI is InChI=1S/C19H17N3O7S/c1-2-28-18(24)16-12(10-3-4-10)9-30-17(16)20-15(23)8-21-13-6-5-11(22(26)27)7-14(13)29-19(21)25/h5-7,9-10H,2-4,8H2,1H3,(H,20,23). The number of esters is 1. The number of nitro benzene ring substituents is 1. The van der Waals surface area contributed by atoms with E-state index in [0.717, 1.165) is 29.0 Å². The Morgan fingerprint density at radius 1 is 1.40 bits per heavy atom. The molecule has 1 aliphatic carbocycles. The number of amides is 1. The highest BCUT2D eigenvalue weighted by Gasteiger charge is 2.32. The third-order valence-electron chi connectivity index (χ3n) is 4.73. The predicted octanol–water partition coefficient (Wildman–Crippen LogP) is 3.26. The number of non-ortho nitro benzene ring substituents is 1. The lowest BCUT2D eigenvalue weighted by Crippen LogP contribution is -2.25. The number of benzene rings is 1. The number of nitrogens with zero attached hydrogens (tertiary/aromatic N) is 2. The number of aromatic nitrogens is 1. The molecule has 11 heteroatoms. The minimum atomic E-state index is -0.809. The number of carbonyl (C=O) groups excluding carboxylic acids is 2. The zero-order valence-corrected chi connectivity index (χ0v) is 16.7. The Bertz CT molecular complexity index is 1220. The number of fused-ring (bicyclic) bond motifs is 1. The van der Waals surface area contributed by atoms with Crippen molar-refractivity contribution in [3.8, 4) is 0 Å². The van der Waals surface area contributed by atoms with Gasteiger partial charge in [0.1, 0.15) is 11.5 Å². The van der Waals surface area contributed by atoms with E-state index in [4.69, 9.17) is 9.15 Å². The third-order valence-corrected chi connectivity index (χ3v) is 5.65. The molecule has 0 bridgehead atoms. The topological polar surface area (TPSA) is 134 Å². The van der Waals surface area contributed by atoms with Crippen LogP contribution in [0.2, 0.25) is 0 Å². The molecule has 1 saturated carbocycles. The van der Waals surface area contributed by atoms with Crippen LogP contribution in [0.25, 0.3) is 11.1 Å². The van der Waals surface area contributed by atoms with Crippen LogP contribution >= 0.6 is 11.3 Å². The molecule has 0 aliphatic heterocycles. The predicted molar refractivity (Wildman–Crippen MR) is 108 cm³/mol. The largest absolute Gasteiger partial charge is 0.462 e. The van der Waals surface area contributed by atoms with Gasteiger partial charge in [-0.25, -0.2) is 9.59 Å². The molecule has 0 unspecified atom stereocenters. The molecule has 0 spiro atoms. The number of hydrogen-bond donors (Lipinski definition) is 1. The van der Waals surface area contributed by atoms with E-state index in [9.17, 15) is 24.5 Å². The van der Waals surface area contributed by atoms with Crippen molar-refractivity contribution in [2.45, 2.75) is 32.2 Å². The van der Waals surface area contributed by atoms with Crippen molar-refractivity contribution >= 4 is 45.0 Å². The summed E-state index contributed by atoms with van der Waals surface area (Å²) >= 11 is 1.23. The summed E-state index contributed by atoms with van der Waals surface area (Å²) in [4.78, 5) is 47.4. The normalized spacial score (nSPS) is 13.4. The average molecular weight is 431 g/mol. The van der Waals surface area contributed by atoms with E-state index in [0.29, 0.717) is 16.5 Å². The van der Waals surface area contributed by atoms with Gasteiger partial charge in [-0.15, -0.1) is 11.3 Å². The highest BCUT2D eigenvalue weighted by molar-refractivity contribution is 7.15. The minimum absolute atomic E-state index is 0.0151. The molecule has 2 heterocycles. The van der Waals surface area contributed by atoms with E-state index in [1.165, 1.54) is 23.5 Å². The number of thiophene rings is 1. The summed E-state index contributed by atoms with van der Waals surface area (Å²) in [7, 11) is 0. The Kier molecular flexibility index (Phi) is 5.12. The summed E-state index contributed by atoms with van der Waals surface area (Å²) in [6, 6.07) is 3.71. The van der Waals surface area contributed by atoms with Crippen LogP contribution < -0.4 is 11.1 Å². The minimum Gasteiger partial charge on any atom is -0.462 e. The smallest absolute Gasteiger partial charge is 0.420 e. The van der Waals surface area contributed by atoms with Crippen molar-refractivity contribution in [2.24, 2.45) is 0 Å². The molecule has 1 fully saturated rings. The number of anilines is 1. The van der Waals surface area contributed by atoms with Crippen molar-refractivity contribution in [2.75, 3.05) is 11.9 Å². The Balaban J connectivity index is 1.59. The molecule has 1 amide bonds. The van der Waals surface area contributed by atoms with E-state index < -0.39 is 22.6 Å². The molecule has 0 atom stereocenters. The van der Waals surface area contributed by atoms with Crippen molar-refractivity contribution < 1.29 is 23.7 Å². The number of hydrogen-bond acceptors (Lipinski definition) is 8. The van der Waals surface area contributed by atoms with Crippen LogP contribution in [0, 0.1) is 10.1 Å². The first-order chi connectivity index (χ1) is 14.4. The van der Waals surface area contributed by atoms with Gasteiger partial charge in [-0.1, -0.05) is 0 Å². The van der Waals surface area contributed by atoms with E-state index >= 15 is 0 Å². The maximum atomic E-state index is 12.6. The summed E-state index contributed by atoms with van der Waals surface area (Å²) in [6.07, 6.45) is 1.97. The van der Waals surface area contributed by atoms with Gasteiger partial charge < -0.3 is 14.5 Å². The number of nitrogens with one attached hydrogen (secondary N) is 1. The van der Waals surface area contributed by atoms with Crippen LogP contribution in [0.4, 0.5) is 10.7 Å². The van der Waals surface area contributed by atoms with Crippen LogP contribution in [0.3, 0.4) is 0 Å². The lowest BCUT2D eigenvalue weighted by atomic mass is 10.1. The summed E-state index contributed by atoms with van der Waals surface area (Å²) < 4.78 is 11.2. The summed E-state index contributed by atoms with van der Waals surface area (Å²) in [5.41, 5.74) is 1.28. The highest BCUT2D eigenvalue weighted by atomic mass is 32.1. The maximum Gasteiger partial charge on any atom is 0.420 e. The fraction of sp³-hybridized carbons (Fsp3) is 0.316. The zero-order chi connectivity index (χ0) is 21.4. The van der Waals surface area contributed by atoms with Gasteiger partial charge in [0.2, 0.25) is 5.91 Å². The van der Waals surface area contributed by atoms with E-state index in [1.807, 2.05) is 5.38 Å². The van der Waals surface area contributed by atoms with Gasteiger partial charge in [-0.2, -0.15) is 0 Å². The van der Waals surface area contributed by atoms with Gasteiger partial charge in [0, 0.05) is 6.07 Å². The average Bonchev–Trinajstić information content (AvgIpc) is 3.39. The number of ether oxygens (including phenoxy) is 1. The third kappa shape index (κ3) is 3.71. The Hall–Kier alpha value is -3.47. The molecule has 4 rings (SSSR count). The van der Waals surface area contributed by atoms with Gasteiger partial charge in [-0.3, -0.25) is 19.5 Å². The molecule has 0 radical (unpaired) electrons. The molecule has 30 heavy (non-hydrogen) atoms. The molecule has 1 N–H and O–H groups in total. The quantitative estimate of drug-likeness (QED) is 0.345. The Labute approximate surface area is 173 Å². The fourth-order valence-electron chi connectivity index (χ4n) is 3.20. The molecule has 156 valence electrons. The Morgan fingerprint density at radius 2 is 2.17 bits per heavy atom. The lowest BCUT2D eigenvalue weighted by Gasteiger charge is -2.08. The fourth-order valence-corrected chi connectivity index (χ4v) is 4.25. The van der Waals surface area contributed by atoms with E-state index in [2.05, 4.69) is 5.32 Å². The van der Waals surface area contributed by atoms with Gasteiger partial charge >= 0.3 is 11.7 Å². The summed E-state index contributed by atoms with van der Waals surface area (Å²) in [6.45, 7) is 1.55. The molecule has 0 saturated heterocycles. The van der Waals surface area contributed by atoms with Gasteiger partial charge in [0.25, 0.3) is 5.69 Å². The maximum absolute atomic E-state index is 12.6. The van der Waals surface area contributed by atoms with Crippen LogP contribution in [0.15, 0.2) is 32.8 Å². The lowest BCUT2D eigenvalue weighted by molar-refractivity contribution is -0.384. The zero-order valence-electron chi connectivity index (χ0n) is 15.9. The van der Waals surface area contributed by atoms with Crippen LogP contribution in [0.1, 0.15) is 41.6 Å². The number of carbonyl (C=O) groups is 2. The monoisotopic (exact) mass is 431 g/mol. The van der Waals surface area contributed by atoms with Crippen LogP contribution in [0.5, 0.6) is 0 Å². The first kappa shape index (κ1) is 19.8. The van der Waals surface area contributed by atoms with Crippen LogP contribution in [-0.2, 0) is 16.1 Å². The molecular weight excluding hydrogens is 414 g/mol. The number of nitro groups is 1. The Morgan fingerprint density at radius 3 is 2.83 bits per heavy atom. The number of oxazole rings is 1. The van der Waals surface area contributed by atoms with Crippen molar-refractivity contribution in [3.63, 3.8) is 0 Å². The SMILES string of the molecule is CCOC(=O)c1c(C2CC2)csc1NC(=O)Cn1c(=O)oc2cc([N+](=O)[O-])ccc21. The number of rotatable bonds is 7. The van der Waals surface area contributed by atoms with Crippen LogP contribution in [-0.4, -0.2) is 28.0 Å². The molecule has 3 aromatic rings. The van der Waals surface area contributed by atoms with Crippen molar-refractivity contribution in [1.82, 2.24) is 4.57 Å². The molecule has 2 aromatic heterocycles. The highest BCUT2D eigenvalue weighted by Crippen LogP contribution is 2.46. The molecule has 1 aromatic carbocycles. The second kappa shape index (κ2) is 7.75. The summed E-state index contributed by atoms with van der Waals surface area (Å²) in [5.74, 6) is -1.54. The van der Waals surface area contributed by atoms with Gasteiger partial charge in [-0.05, 0) is 42.7 Å². The first-order valence-electron chi connectivity index (χ1n) is 9.25. The van der Waals surface area contributed by atoms with Crippen molar-refractivity contribution in [1.29, 1.82) is 0 Å². The molecule has 10 nitrogen and oxygen atoms in total.